The summed E-state index contributed by atoms with van der Waals surface area (Å²) >= 11 is 0. The van der Waals surface area contributed by atoms with E-state index in [4.69, 9.17) is 14.2 Å². The largest absolute Gasteiger partial charge is 0.465 e. The molecule has 3 aliphatic rings. The average molecular weight is 419 g/mol. The molecule has 2 fully saturated rings. The first-order valence-electron chi connectivity index (χ1n) is 10.6. The summed E-state index contributed by atoms with van der Waals surface area (Å²) < 4.78 is 16.0. The Labute approximate surface area is 181 Å². The molecule has 2 aliphatic heterocycles. The van der Waals surface area contributed by atoms with E-state index in [1.165, 1.54) is 0 Å². The number of cyclic esters (lactones) is 1. The van der Waals surface area contributed by atoms with Gasteiger partial charge < -0.3 is 19.5 Å². The fraction of sp³-hybridized carbons (Fsp3) is 0.360. The van der Waals surface area contributed by atoms with Crippen molar-refractivity contribution in [2.75, 3.05) is 18.7 Å². The fourth-order valence-electron chi connectivity index (χ4n) is 4.91. The third kappa shape index (κ3) is 3.78. The number of hydrogen-bond donors (Lipinski definition) is 1. The number of benzene rings is 2. The number of carbonyl (C=O) groups excluding carboxylic acids is 2. The monoisotopic (exact) mass is 419 g/mol. The molecule has 1 saturated carbocycles. The van der Waals surface area contributed by atoms with E-state index in [0.29, 0.717) is 32.3 Å². The molecule has 2 aromatic carbocycles. The minimum absolute atomic E-state index is 0.0458. The molecule has 5 rings (SSSR count). The van der Waals surface area contributed by atoms with Crippen molar-refractivity contribution in [1.82, 2.24) is 0 Å². The Bertz CT molecular complexity index is 1040. The zero-order chi connectivity index (χ0) is 21.4. The molecular formula is C25H25NO5. The van der Waals surface area contributed by atoms with Gasteiger partial charge in [-0.1, -0.05) is 30.4 Å². The van der Waals surface area contributed by atoms with Gasteiger partial charge in [-0.15, -0.1) is 0 Å². The van der Waals surface area contributed by atoms with Crippen molar-refractivity contribution in [3.05, 3.63) is 65.7 Å². The van der Waals surface area contributed by atoms with Gasteiger partial charge in [-0.2, -0.15) is 0 Å². The van der Waals surface area contributed by atoms with E-state index in [1.807, 2.05) is 42.5 Å². The molecule has 6 heteroatoms. The van der Waals surface area contributed by atoms with Gasteiger partial charge in [-0.25, -0.2) is 0 Å². The Morgan fingerprint density at radius 2 is 1.84 bits per heavy atom. The summed E-state index contributed by atoms with van der Waals surface area (Å²) in [5, 5.41) is 2.95. The number of anilines is 1. The van der Waals surface area contributed by atoms with E-state index in [9.17, 15) is 9.59 Å². The van der Waals surface area contributed by atoms with Crippen molar-refractivity contribution in [2.45, 2.75) is 32.1 Å². The van der Waals surface area contributed by atoms with E-state index in [-0.39, 0.29) is 24.6 Å². The van der Waals surface area contributed by atoms with E-state index in [2.05, 4.69) is 11.9 Å². The Hall–Kier alpha value is -3.28. The van der Waals surface area contributed by atoms with Gasteiger partial charge in [0.1, 0.15) is 0 Å². The van der Waals surface area contributed by atoms with Gasteiger partial charge in [0, 0.05) is 18.0 Å². The van der Waals surface area contributed by atoms with Crippen LogP contribution in [-0.2, 0) is 27.2 Å². The number of hydrogen-bond acceptors (Lipinski definition) is 5. The Kier molecular flexibility index (Phi) is 4.93. The first kappa shape index (κ1) is 19.7. The molecule has 1 amide bonds. The number of fused-ring (bicyclic) bond motifs is 2. The van der Waals surface area contributed by atoms with Crippen LogP contribution in [0.25, 0.3) is 0 Å². The number of rotatable bonds is 6. The third-order valence-corrected chi connectivity index (χ3v) is 6.54. The molecule has 2 aromatic rings. The molecule has 1 aliphatic carbocycles. The van der Waals surface area contributed by atoms with Crippen LogP contribution in [0.4, 0.5) is 5.69 Å². The normalized spacial score (nSPS) is 23.5. The maximum Gasteiger partial charge on any atom is 0.313 e. The second-order valence-electron chi connectivity index (χ2n) is 8.69. The zero-order valence-electron chi connectivity index (χ0n) is 17.3. The summed E-state index contributed by atoms with van der Waals surface area (Å²) in [6.07, 6.45) is 3.21. The van der Waals surface area contributed by atoms with Gasteiger partial charge in [-0.3, -0.25) is 9.59 Å². The molecule has 160 valence electrons. The van der Waals surface area contributed by atoms with E-state index >= 15 is 0 Å². The van der Waals surface area contributed by atoms with Crippen LogP contribution >= 0.6 is 0 Å². The minimum Gasteiger partial charge on any atom is -0.465 e. The minimum atomic E-state index is -0.466. The fourth-order valence-corrected chi connectivity index (χ4v) is 4.91. The zero-order valence-corrected chi connectivity index (χ0v) is 17.3. The van der Waals surface area contributed by atoms with Crippen LogP contribution in [0.3, 0.4) is 0 Å². The van der Waals surface area contributed by atoms with E-state index < -0.39 is 5.41 Å². The van der Waals surface area contributed by atoms with Crippen LogP contribution < -0.4 is 14.8 Å². The third-order valence-electron chi connectivity index (χ3n) is 6.54. The SMILES string of the molecule is C=C1CC2COC(=O)C2(Cc2ccc(NC(=O)CCc3ccc4c(c3)OCO4)cc2)C1. The summed E-state index contributed by atoms with van der Waals surface area (Å²) in [4.78, 5) is 24.8. The second-order valence-corrected chi connectivity index (χ2v) is 8.69. The van der Waals surface area contributed by atoms with Crippen LogP contribution in [0, 0.1) is 11.3 Å². The number of esters is 1. The molecule has 2 atom stereocenters. The Morgan fingerprint density at radius 1 is 1.06 bits per heavy atom. The molecule has 0 radical (unpaired) electrons. The van der Waals surface area contributed by atoms with Gasteiger partial charge >= 0.3 is 5.97 Å². The highest BCUT2D eigenvalue weighted by Gasteiger charge is 2.55. The lowest BCUT2D eigenvalue weighted by Gasteiger charge is -2.24. The maximum absolute atomic E-state index is 12.5. The molecule has 31 heavy (non-hydrogen) atoms. The van der Waals surface area contributed by atoms with Gasteiger partial charge in [0.15, 0.2) is 11.5 Å². The molecule has 0 aromatic heterocycles. The molecular weight excluding hydrogens is 394 g/mol. The first-order valence-corrected chi connectivity index (χ1v) is 10.6. The van der Waals surface area contributed by atoms with E-state index in [1.54, 1.807) is 0 Å². The van der Waals surface area contributed by atoms with Crippen LogP contribution in [0.2, 0.25) is 0 Å². The van der Waals surface area contributed by atoms with Crippen molar-refractivity contribution in [2.24, 2.45) is 11.3 Å². The predicted molar refractivity (Wildman–Crippen MR) is 115 cm³/mol. The van der Waals surface area contributed by atoms with Gasteiger partial charge in [-0.05, 0) is 61.1 Å². The highest BCUT2D eigenvalue weighted by molar-refractivity contribution is 5.90. The lowest BCUT2D eigenvalue weighted by Crippen LogP contribution is -2.31. The Morgan fingerprint density at radius 3 is 2.68 bits per heavy atom. The van der Waals surface area contributed by atoms with E-state index in [0.717, 1.165) is 40.3 Å². The number of aryl methyl sites for hydroxylation is 1. The molecule has 1 N–H and O–H groups in total. The topological polar surface area (TPSA) is 73.9 Å². The summed E-state index contributed by atoms with van der Waals surface area (Å²) in [5.74, 6) is 1.55. The Balaban J connectivity index is 1.17. The van der Waals surface area contributed by atoms with Crippen LogP contribution in [0.1, 0.15) is 30.4 Å². The lowest BCUT2D eigenvalue weighted by atomic mass is 9.75. The lowest BCUT2D eigenvalue weighted by molar-refractivity contribution is -0.146. The molecule has 2 unspecified atom stereocenters. The standard InChI is InChI=1S/C25H25NO5/c1-16-10-19-14-29-24(28)25(19,12-16)13-18-2-6-20(7-3-18)26-23(27)9-5-17-4-8-21-22(11-17)31-15-30-21/h2-4,6-8,11,19H,1,5,9-10,12-15H2,(H,26,27). The number of nitrogens with one attached hydrogen (secondary N) is 1. The summed E-state index contributed by atoms with van der Waals surface area (Å²) in [7, 11) is 0. The van der Waals surface area contributed by atoms with Crippen molar-refractivity contribution in [3.8, 4) is 11.5 Å². The van der Waals surface area contributed by atoms with Crippen molar-refractivity contribution >= 4 is 17.6 Å². The summed E-state index contributed by atoms with van der Waals surface area (Å²) in [6.45, 7) is 4.83. The van der Waals surface area contributed by atoms with Crippen LogP contribution in [0.15, 0.2) is 54.6 Å². The van der Waals surface area contributed by atoms with Crippen LogP contribution in [-0.4, -0.2) is 25.3 Å². The van der Waals surface area contributed by atoms with Crippen molar-refractivity contribution in [3.63, 3.8) is 0 Å². The highest BCUT2D eigenvalue weighted by atomic mass is 16.7. The maximum atomic E-state index is 12.5. The average Bonchev–Trinajstić information content (AvgIpc) is 3.42. The van der Waals surface area contributed by atoms with Gasteiger partial charge in [0.25, 0.3) is 0 Å². The molecule has 2 heterocycles. The molecule has 0 spiro atoms. The van der Waals surface area contributed by atoms with Crippen molar-refractivity contribution in [1.29, 1.82) is 0 Å². The highest BCUT2D eigenvalue weighted by Crippen LogP contribution is 2.52. The van der Waals surface area contributed by atoms with Crippen molar-refractivity contribution < 1.29 is 23.8 Å². The first-order chi connectivity index (χ1) is 15.0. The predicted octanol–water partition coefficient (Wildman–Crippen LogP) is 4.04. The van der Waals surface area contributed by atoms with Gasteiger partial charge in [0.2, 0.25) is 12.7 Å². The van der Waals surface area contributed by atoms with Gasteiger partial charge in [0.05, 0.1) is 12.0 Å². The number of carbonyl (C=O) groups is 2. The summed E-state index contributed by atoms with van der Waals surface area (Å²) in [5.41, 5.74) is 3.51. The second kappa shape index (κ2) is 7.76. The number of ether oxygens (including phenoxy) is 3. The summed E-state index contributed by atoms with van der Waals surface area (Å²) in [6, 6.07) is 13.5. The number of amides is 1. The van der Waals surface area contributed by atoms with Crippen LogP contribution in [0.5, 0.6) is 11.5 Å². The smallest absolute Gasteiger partial charge is 0.313 e. The molecule has 6 nitrogen and oxygen atoms in total. The quantitative estimate of drug-likeness (QED) is 0.565. The molecule has 1 saturated heterocycles. The number of allylic oxidation sites excluding steroid dienone is 1. The molecule has 0 bridgehead atoms.